The molecule has 1 saturated heterocycles. The van der Waals surface area contributed by atoms with Crippen LogP contribution in [0, 0.1) is 17.3 Å². The fourth-order valence-corrected chi connectivity index (χ4v) is 3.66. The molecule has 0 spiro atoms. The molecule has 0 aromatic rings. The molecule has 0 bridgehead atoms. The fraction of sp³-hybridized carbons (Fsp3) is 0.929. The zero-order valence-electron chi connectivity index (χ0n) is 10.8. The van der Waals surface area contributed by atoms with E-state index >= 15 is 0 Å². The zero-order valence-corrected chi connectivity index (χ0v) is 10.8. The van der Waals surface area contributed by atoms with Crippen molar-refractivity contribution in [3.05, 3.63) is 0 Å². The van der Waals surface area contributed by atoms with Crippen LogP contribution in [0.3, 0.4) is 0 Å². The molecule has 1 atom stereocenters. The molecule has 3 heteroatoms. The lowest BCUT2D eigenvalue weighted by Gasteiger charge is -2.40. The molecule has 2 rings (SSSR count). The number of carboxylic acids is 1. The van der Waals surface area contributed by atoms with Crippen LogP contribution in [0.1, 0.15) is 51.9 Å². The summed E-state index contributed by atoms with van der Waals surface area (Å²) < 4.78 is 5.40. The van der Waals surface area contributed by atoms with Crippen LogP contribution in [-0.4, -0.2) is 24.3 Å². The van der Waals surface area contributed by atoms with Crippen molar-refractivity contribution in [3.63, 3.8) is 0 Å². The first-order valence-electron chi connectivity index (χ1n) is 7.00. The second-order valence-electron chi connectivity index (χ2n) is 5.75. The van der Waals surface area contributed by atoms with Gasteiger partial charge in [0.1, 0.15) is 0 Å². The van der Waals surface area contributed by atoms with Gasteiger partial charge in [-0.3, -0.25) is 4.79 Å². The summed E-state index contributed by atoms with van der Waals surface area (Å²) in [6.07, 6.45) is 7.33. The molecular weight excluding hydrogens is 216 g/mol. The summed E-state index contributed by atoms with van der Waals surface area (Å²) in [5.74, 6) is 0.431. The Balaban J connectivity index is 2.02. The Morgan fingerprint density at radius 2 is 2.06 bits per heavy atom. The van der Waals surface area contributed by atoms with Crippen LogP contribution in [0.15, 0.2) is 0 Å². The summed E-state index contributed by atoms with van der Waals surface area (Å²) in [6.45, 7) is 3.62. The van der Waals surface area contributed by atoms with Crippen molar-refractivity contribution < 1.29 is 14.6 Å². The van der Waals surface area contributed by atoms with Gasteiger partial charge in [0.05, 0.1) is 12.0 Å². The van der Waals surface area contributed by atoms with Crippen LogP contribution < -0.4 is 0 Å². The Morgan fingerprint density at radius 3 is 2.53 bits per heavy atom. The smallest absolute Gasteiger partial charge is 0.310 e. The highest BCUT2D eigenvalue weighted by Gasteiger charge is 2.48. The summed E-state index contributed by atoms with van der Waals surface area (Å²) >= 11 is 0. The van der Waals surface area contributed by atoms with Crippen LogP contribution in [-0.2, 0) is 9.53 Å². The molecule has 3 nitrogen and oxygen atoms in total. The summed E-state index contributed by atoms with van der Waals surface area (Å²) in [4.78, 5) is 11.7. The van der Waals surface area contributed by atoms with Gasteiger partial charge in [-0.05, 0) is 38.0 Å². The molecule has 1 unspecified atom stereocenters. The van der Waals surface area contributed by atoms with E-state index < -0.39 is 11.4 Å². The van der Waals surface area contributed by atoms with Crippen molar-refractivity contribution >= 4 is 5.97 Å². The van der Waals surface area contributed by atoms with E-state index in [1.165, 1.54) is 12.8 Å². The molecule has 2 aliphatic rings. The fourth-order valence-electron chi connectivity index (χ4n) is 3.66. The molecule has 0 radical (unpaired) electrons. The van der Waals surface area contributed by atoms with Gasteiger partial charge in [0, 0.05) is 12.5 Å². The quantitative estimate of drug-likeness (QED) is 0.821. The van der Waals surface area contributed by atoms with Gasteiger partial charge in [-0.1, -0.05) is 19.8 Å². The molecule has 1 heterocycles. The third-order valence-electron chi connectivity index (χ3n) is 4.83. The molecule has 98 valence electrons. The molecule has 1 aliphatic carbocycles. The predicted octanol–water partition coefficient (Wildman–Crippen LogP) is 3.08. The van der Waals surface area contributed by atoms with Crippen molar-refractivity contribution in [2.75, 3.05) is 13.2 Å². The van der Waals surface area contributed by atoms with E-state index in [1.807, 2.05) is 0 Å². The van der Waals surface area contributed by atoms with E-state index in [0.717, 1.165) is 44.6 Å². The summed E-state index contributed by atoms with van der Waals surface area (Å²) in [7, 11) is 0. The molecule has 1 saturated carbocycles. The van der Waals surface area contributed by atoms with E-state index in [2.05, 4.69) is 6.92 Å². The van der Waals surface area contributed by atoms with Crippen LogP contribution in [0.25, 0.3) is 0 Å². The van der Waals surface area contributed by atoms with Gasteiger partial charge in [0.25, 0.3) is 0 Å². The SMILES string of the molecule is CCCC1CCC(C(=O)O)(C2CCOC2)CC1. The third kappa shape index (κ3) is 2.49. The van der Waals surface area contributed by atoms with E-state index in [9.17, 15) is 9.90 Å². The number of hydrogen-bond donors (Lipinski definition) is 1. The molecule has 1 N–H and O–H groups in total. The lowest BCUT2D eigenvalue weighted by Crippen LogP contribution is -2.42. The van der Waals surface area contributed by atoms with E-state index in [-0.39, 0.29) is 5.92 Å². The van der Waals surface area contributed by atoms with Crippen molar-refractivity contribution in [2.24, 2.45) is 17.3 Å². The van der Waals surface area contributed by atoms with Gasteiger partial charge in [-0.25, -0.2) is 0 Å². The van der Waals surface area contributed by atoms with Gasteiger partial charge in [0.15, 0.2) is 0 Å². The molecule has 17 heavy (non-hydrogen) atoms. The summed E-state index contributed by atoms with van der Waals surface area (Å²) in [6, 6.07) is 0. The zero-order chi connectivity index (χ0) is 12.3. The Morgan fingerprint density at radius 1 is 1.35 bits per heavy atom. The lowest BCUT2D eigenvalue weighted by atomic mass is 9.63. The average Bonchev–Trinajstić information content (AvgIpc) is 2.84. The number of carboxylic acid groups (broad SMARTS) is 1. The molecule has 1 aliphatic heterocycles. The van der Waals surface area contributed by atoms with E-state index in [0.29, 0.717) is 6.61 Å². The first-order chi connectivity index (χ1) is 8.19. The molecule has 0 aromatic heterocycles. The van der Waals surface area contributed by atoms with Gasteiger partial charge in [0.2, 0.25) is 0 Å². The number of hydrogen-bond acceptors (Lipinski definition) is 2. The van der Waals surface area contributed by atoms with Crippen molar-refractivity contribution in [1.29, 1.82) is 0 Å². The molecule has 0 amide bonds. The van der Waals surface area contributed by atoms with E-state index in [1.54, 1.807) is 0 Å². The molecular formula is C14H24O3. The maximum atomic E-state index is 11.7. The maximum absolute atomic E-state index is 11.7. The van der Waals surface area contributed by atoms with Crippen LogP contribution in [0.4, 0.5) is 0 Å². The standard InChI is InChI=1S/C14H24O3/c1-2-3-11-4-7-14(8-5-11,13(15)16)12-6-9-17-10-12/h11-12H,2-10H2,1H3,(H,15,16). The summed E-state index contributed by atoms with van der Waals surface area (Å²) in [5, 5.41) is 9.61. The minimum absolute atomic E-state index is 0.252. The normalized spacial score (nSPS) is 38.2. The second-order valence-corrected chi connectivity index (χ2v) is 5.75. The topological polar surface area (TPSA) is 46.5 Å². The average molecular weight is 240 g/mol. The largest absolute Gasteiger partial charge is 0.481 e. The number of carbonyl (C=O) groups is 1. The third-order valence-corrected chi connectivity index (χ3v) is 4.83. The van der Waals surface area contributed by atoms with Gasteiger partial charge < -0.3 is 9.84 Å². The Labute approximate surface area is 104 Å². The van der Waals surface area contributed by atoms with E-state index in [4.69, 9.17) is 4.74 Å². The Hall–Kier alpha value is -0.570. The lowest BCUT2D eigenvalue weighted by molar-refractivity contribution is -0.156. The second kappa shape index (κ2) is 5.38. The highest BCUT2D eigenvalue weighted by atomic mass is 16.5. The highest BCUT2D eigenvalue weighted by molar-refractivity contribution is 5.75. The number of rotatable bonds is 4. The van der Waals surface area contributed by atoms with Crippen molar-refractivity contribution in [3.8, 4) is 0 Å². The summed E-state index contributed by atoms with van der Waals surface area (Å²) in [5.41, 5.74) is -0.471. The minimum Gasteiger partial charge on any atom is -0.481 e. The monoisotopic (exact) mass is 240 g/mol. The highest BCUT2D eigenvalue weighted by Crippen LogP contribution is 2.48. The Kier molecular flexibility index (Phi) is 4.08. The van der Waals surface area contributed by atoms with Crippen LogP contribution >= 0.6 is 0 Å². The number of aliphatic carboxylic acids is 1. The van der Waals surface area contributed by atoms with Crippen molar-refractivity contribution in [2.45, 2.75) is 51.9 Å². The molecule has 0 aromatic carbocycles. The van der Waals surface area contributed by atoms with Crippen LogP contribution in [0.2, 0.25) is 0 Å². The van der Waals surface area contributed by atoms with Crippen LogP contribution in [0.5, 0.6) is 0 Å². The molecule has 2 fully saturated rings. The first kappa shape index (κ1) is 12.9. The maximum Gasteiger partial charge on any atom is 0.310 e. The first-order valence-corrected chi connectivity index (χ1v) is 7.00. The Bertz CT molecular complexity index is 261. The van der Waals surface area contributed by atoms with Gasteiger partial charge in [-0.2, -0.15) is 0 Å². The van der Waals surface area contributed by atoms with Gasteiger partial charge >= 0.3 is 5.97 Å². The minimum atomic E-state index is -0.581. The van der Waals surface area contributed by atoms with Crippen molar-refractivity contribution in [1.82, 2.24) is 0 Å². The number of ether oxygens (including phenoxy) is 1. The van der Waals surface area contributed by atoms with Gasteiger partial charge in [-0.15, -0.1) is 0 Å². The predicted molar refractivity (Wildman–Crippen MR) is 65.9 cm³/mol.